The Morgan fingerprint density at radius 3 is 2.74 bits per heavy atom. The number of nitrogens with one attached hydrogen (secondary N) is 1. The molecule has 1 N–H and O–H groups in total. The molecule has 0 aliphatic carbocycles. The van der Waals surface area contributed by atoms with Gasteiger partial charge in [-0.2, -0.15) is 4.37 Å². The van der Waals surface area contributed by atoms with Crippen molar-refractivity contribution in [3.8, 4) is 17.2 Å². The lowest BCUT2D eigenvalue weighted by Gasteiger charge is -2.31. The van der Waals surface area contributed by atoms with Gasteiger partial charge in [-0.25, -0.2) is 4.98 Å². The molecule has 1 amide bonds. The van der Waals surface area contributed by atoms with E-state index < -0.39 is 0 Å². The van der Waals surface area contributed by atoms with Crippen molar-refractivity contribution in [2.45, 2.75) is 25.7 Å². The number of carbonyl (C=O) groups excluding carboxylic acids is 1. The molecule has 35 heavy (non-hydrogen) atoms. The fourth-order valence-electron chi connectivity index (χ4n) is 4.29. The molecule has 1 aliphatic heterocycles. The van der Waals surface area contributed by atoms with Crippen molar-refractivity contribution in [2.75, 3.05) is 45.9 Å². The second-order valence-corrected chi connectivity index (χ2v) is 9.27. The molecule has 0 saturated carbocycles. The molecular weight excluding hydrogens is 464 g/mol. The molecule has 2 aromatic carbocycles. The van der Waals surface area contributed by atoms with E-state index in [0.29, 0.717) is 31.0 Å². The summed E-state index contributed by atoms with van der Waals surface area (Å²) in [5.74, 6) is 3.05. The highest BCUT2D eigenvalue weighted by molar-refractivity contribution is 7.09. The van der Waals surface area contributed by atoms with E-state index in [0.717, 1.165) is 53.6 Å². The number of hydrogen-bond donors (Lipinski definition) is 1. The van der Waals surface area contributed by atoms with E-state index in [9.17, 15) is 4.79 Å². The first-order valence-corrected chi connectivity index (χ1v) is 12.6. The van der Waals surface area contributed by atoms with E-state index in [1.165, 1.54) is 11.5 Å². The van der Waals surface area contributed by atoms with E-state index in [1.807, 2.05) is 42.5 Å². The van der Waals surface area contributed by atoms with Crippen molar-refractivity contribution >= 4 is 22.6 Å². The number of piperidine rings is 1. The third-order valence-corrected chi connectivity index (χ3v) is 6.99. The summed E-state index contributed by atoms with van der Waals surface area (Å²) < 4.78 is 20.5. The van der Waals surface area contributed by atoms with Gasteiger partial charge < -0.3 is 24.4 Å². The molecule has 0 bridgehead atoms. The van der Waals surface area contributed by atoms with Gasteiger partial charge in [0, 0.05) is 37.6 Å². The zero-order chi connectivity index (χ0) is 24.6. The lowest BCUT2D eigenvalue weighted by Crippen LogP contribution is -2.43. The number of amides is 1. The maximum Gasteiger partial charge on any atom is 0.224 e. The van der Waals surface area contributed by atoms with E-state index in [4.69, 9.17) is 19.2 Å². The molecule has 4 rings (SSSR count). The first-order chi connectivity index (χ1) is 17.1. The van der Waals surface area contributed by atoms with Gasteiger partial charge >= 0.3 is 0 Å². The Morgan fingerprint density at radius 2 is 1.94 bits per heavy atom. The summed E-state index contributed by atoms with van der Waals surface area (Å²) in [6, 6.07) is 13.8. The van der Waals surface area contributed by atoms with Crippen LogP contribution >= 0.6 is 11.5 Å². The highest BCUT2D eigenvalue weighted by Crippen LogP contribution is 2.28. The molecule has 0 spiro atoms. The van der Waals surface area contributed by atoms with Crippen LogP contribution in [0.15, 0.2) is 42.5 Å². The molecule has 8 nitrogen and oxygen atoms in total. The van der Waals surface area contributed by atoms with Crippen LogP contribution in [0.25, 0.3) is 0 Å². The monoisotopic (exact) mass is 496 g/mol. The Kier molecular flexibility index (Phi) is 8.41. The lowest BCUT2D eigenvalue weighted by molar-refractivity contribution is -0.125. The molecular formula is C26H32N4O4S. The number of aromatic nitrogens is 2. The molecule has 1 fully saturated rings. The number of methoxy groups -OCH3 is 3. The largest absolute Gasteiger partial charge is 0.497 e. The molecule has 1 saturated heterocycles. The molecule has 0 radical (unpaired) electrons. The van der Waals surface area contributed by atoms with E-state index >= 15 is 0 Å². The van der Waals surface area contributed by atoms with Gasteiger partial charge in [-0.1, -0.05) is 18.2 Å². The summed E-state index contributed by atoms with van der Waals surface area (Å²) >= 11 is 1.40. The van der Waals surface area contributed by atoms with E-state index in [2.05, 4.69) is 14.6 Å². The van der Waals surface area contributed by atoms with Gasteiger partial charge in [-0.15, -0.1) is 0 Å². The summed E-state index contributed by atoms with van der Waals surface area (Å²) in [6.07, 6.45) is 3.22. The Balaban J connectivity index is 1.29. The second-order valence-electron chi connectivity index (χ2n) is 8.54. The summed E-state index contributed by atoms with van der Waals surface area (Å²) in [5, 5.41) is 3.99. The van der Waals surface area contributed by atoms with Crippen LogP contribution < -0.4 is 24.4 Å². The molecule has 2 heterocycles. The number of nitrogens with zero attached hydrogens (tertiary/aromatic N) is 3. The minimum Gasteiger partial charge on any atom is -0.497 e. The maximum atomic E-state index is 12.9. The van der Waals surface area contributed by atoms with Crippen molar-refractivity contribution in [1.82, 2.24) is 14.7 Å². The molecule has 186 valence electrons. The molecule has 1 unspecified atom stereocenters. The van der Waals surface area contributed by atoms with Crippen LogP contribution in [0.5, 0.6) is 17.2 Å². The molecule has 1 atom stereocenters. The zero-order valence-corrected chi connectivity index (χ0v) is 21.3. The van der Waals surface area contributed by atoms with Crippen molar-refractivity contribution < 1.29 is 19.0 Å². The number of ether oxygens (including phenoxy) is 3. The van der Waals surface area contributed by atoms with Crippen molar-refractivity contribution in [2.24, 2.45) is 5.92 Å². The maximum absolute atomic E-state index is 12.9. The normalized spacial score (nSPS) is 15.5. The molecule has 1 aromatic heterocycles. The number of anilines is 1. The zero-order valence-electron chi connectivity index (χ0n) is 20.5. The predicted molar refractivity (Wildman–Crippen MR) is 137 cm³/mol. The Bertz CT molecular complexity index is 1140. The van der Waals surface area contributed by atoms with Crippen LogP contribution in [0.4, 0.5) is 5.13 Å². The highest BCUT2D eigenvalue weighted by atomic mass is 32.1. The second kappa shape index (κ2) is 11.9. The summed E-state index contributed by atoms with van der Waals surface area (Å²) in [4.78, 5) is 19.8. The van der Waals surface area contributed by atoms with Gasteiger partial charge in [0.15, 0.2) is 11.5 Å². The Hall–Kier alpha value is -3.33. The minimum atomic E-state index is -0.0557. The number of carbonyl (C=O) groups is 1. The average molecular weight is 497 g/mol. The lowest BCUT2D eigenvalue weighted by atomic mass is 9.97. The fourth-order valence-corrected chi connectivity index (χ4v) is 5.01. The number of hydrogen-bond acceptors (Lipinski definition) is 8. The van der Waals surface area contributed by atoms with Crippen molar-refractivity contribution in [3.05, 3.63) is 59.4 Å². The van der Waals surface area contributed by atoms with Crippen LogP contribution in [0, 0.1) is 5.92 Å². The van der Waals surface area contributed by atoms with Crippen LogP contribution in [-0.4, -0.2) is 56.2 Å². The highest BCUT2D eigenvalue weighted by Gasteiger charge is 2.27. The van der Waals surface area contributed by atoms with Gasteiger partial charge in [0.1, 0.15) is 11.6 Å². The Morgan fingerprint density at radius 1 is 1.09 bits per heavy atom. The quantitative estimate of drug-likeness (QED) is 0.458. The molecule has 9 heteroatoms. The fraction of sp³-hybridized carbons (Fsp3) is 0.423. The van der Waals surface area contributed by atoms with Gasteiger partial charge in [-0.05, 0) is 54.7 Å². The molecule has 3 aromatic rings. The first kappa shape index (κ1) is 24.8. The smallest absolute Gasteiger partial charge is 0.224 e. The Labute approximate surface area is 210 Å². The number of benzene rings is 2. The van der Waals surface area contributed by atoms with Crippen LogP contribution in [0.3, 0.4) is 0 Å². The van der Waals surface area contributed by atoms with Crippen molar-refractivity contribution in [3.63, 3.8) is 0 Å². The van der Waals surface area contributed by atoms with Gasteiger partial charge in [0.25, 0.3) is 0 Å². The van der Waals surface area contributed by atoms with Crippen LogP contribution in [0.1, 0.15) is 29.8 Å². The minimum absolute atomic E-state index is 0.0557. The number of rotatable bonds is 10. The summed E-state index contributed by atoms with van der Waals surface area (Å²) in [6.45, 7) is 2.13. The van der Waals surface area contributed by atoms with E-state index in [1.54, 1.807) is 21.3 Å². The summed E-state index contributed by atoms with van der Waals surface area (Å²) in [7, 11) is 4.91. The predicted octanol–water partition coefficient (Wildman–Crippen LogP) is 3.73. The standard InChI is InChI=1S/C26H32N4O4S/c1-32-21-8-4-6-19(14-21)16-24-28-26(35-29-24)30-13-5-7-20(17-30)25(31)27-12-11-18-9-10-22(33-2)23(15-18)34-3/h4,6,8-10,14-15,20H,5,7,11-13,16-17H2,1-3H3,(H,27,31). The SMILES string of the molecule is COc1cccc(Cc2nsc(N3CCCC(C(=O)NCCc4ccc(OC)c(OC)c4)C3)n2)c1. The summed E-state index contributed by atoms with van der Waals surface area (Å²) in [5.41, 5.74) is 2.20. The first-order valence-electron chi connectivity index (χ1n) is 11.8. The third-order valence-electron chi connectivity index (χ3n) is 6.18. The van der Waals surface area contributed by atoms with Crippen molar-refractivity contribution in [1.29, 1.82) is 0 Å². The third kappa shape index (κ3) is 6.42. The van der Waals surface area contributed by atoms with Gasteiger partial charge in [-0.3, -0.25) is 4.79 Å². The average Bonchev–Trinajstić information content (AvgIpc) is 3.37. The van der Waals surface area contributed by atoms with Crippen LogP contribution in [0.2, 0.25) is 0 Å². The molecule has 1 aliphatic rings. The van der Waals surface area contributed by atoms with Crippen LogP contribution in [-0.2, 0) is 17.6 Å². The van der Waals surface area contributed by atoms with Gasteiger partial charge in [0.2, 0.25) is 11.0 Å². The topological polar surface area (TPSA) is 85.8 Å². The van der Waals surface area contributed by atoms with Gasteiger partial charge in [0.05, 0.1) is 27.2 Å². The van der Waals surface area contributed by atoms with E-state index in [-0.39, 0.29) is 11.8 Å².